The molecule has 4 aromatic rings. The highest BCUT2D eigenvalue weighted by Crippen LogP contribution is 2.44. The number of hydrogen-bond donors (Lipinski definition) is 2. The Balaban J connectivity index is 1.57. The molecule has 0 fully saturated rings. The van der Waals surface area contributed by atoms with Crippen molar-refractivity contribution >= 4 is 27.7 Å². The van der Waals surface area contributed by atoms with Gasteiger partial charge in [-0.3, -0.25) is 4.79 Å². The number of aliphatic imine (C=N–C) groups is 1. The lowest BCUT2D eigenvalue weighted by Crippen LogP contribution is -2.50. The molecule has 1 aliphatic rings. The van der Waals surface area contributed by atoms with Gasteiger partial charge in [0.15, 0.2) is 11.6 Å². The standard InChI is InChI=1S/C35H33BrFN5O4/c36-31-9-4-2-6-26(31)22-35(34(44)39-19-18-24-10-14-28(37)15-11-24)32(30-8-3-1-7-27(30)23-40-42-38)46-33(41-35)25-12-16-29(17-13-25)45-21-5-20-43/h1-4,6-17,32,43H,5,18-23H2,(H,39,44)/t32-,35-/m1/s1. The zero-order valence-corrected chi connectivity index (χ0v) is 26.6. The number of carbonyl (C=O) groups is 1. The van der Waals surface area contributed by atoms with Crippen LogP contribution in [-0.4, -0.2) is 42.2 Å². The van der Waals surface area contributed by atoms with Crippen LogP contribution in [0.1, 0.15) is 40.3 Å². The molecular weight excluding hydrogens is 653 g/mol. The van der Waals surface area contributed by atoms with E-state index in [0.29, 0.717) is 48.4 Å². The molecular formula is C35H33BrFN5O4. The molecule has 2 atom stereocenters. The maximum Gasteiger partial charge on any atom is 0.252 e. The molecule has 0 aliphatic carbocycles. The molecule has 2 N–H and O–H groups in total. The smallest absolute Gasteiger partial charge is 0.252 e. The number of azide groups is 1. The van der Waals surface area contributed by atoms with Crippen molar-refractivity contribution in [3.05, 3.63) is 146 Å². The van der Waals surface area contributed by atoms with Gasteiger partial charge in [-0.05, 0) is 76.7 Å². The molecule has 0 bridgehead atoms. The number of carbonyl (C=O) groups excluding carboxylic acids is 1. The Hall–Kier alpha value is -4.70. The van der Waals surface area contributed by atoms with Gasteiger partial charge in [-0.1, -0.05) is 75.6 Å². The van der Waals surface area contributed by atoms with Crippen LogP contribution in [0.4, 0.5) is 4.39 Å². The Morgan fingerprint density at radius 1 is 1.04 bits per heavy atom. The largest absolute Gasteiger partial charge is 0.494 e. The highest BCUT2D eigenvalue weighted by atomic mass is 79.9. The lowest BCUT2D eigenvalue weighted by Gasteiger charge is -2.32. The van der Waals surface area contributed by atoms with Crippen LogP contribution in [0.15, 0.2) is 112 Å². The third kappa shape index (κ3) is 7.74. The molecule has 0 unspecified atom stereocenters. The van der Waals surface area contributed by atoms with Gasteiger partial charge in [0.25, 0.3) is 5.91 Å². The lowest BCUT2D eigenvalue weighted by molar-refractivity contribution is -0.128. The number of nitrogens with one attached hydrogen (secondary N) is 1. The fourth-order valence-corrected chi connectivity index (χ4v) is 5.78. The number of halogens is 2. The third-order valence-corrected chi connectivity index (χ3v) is 8.48. The van der Waals surface area contributed by atoms with Crippen molar-refractivity contribution in [1.82, 2.24) is 5.32 Å². The summed E-state index contributed by atoms with van der Waals surface area (Å²) in [4.78, 5) is 22.5. The Morgan fingerprint density at radius 3 is 2.48 bits per heavy atom. The Kier molecular flexibility index (Phi) is 11.0. The minimum absolute atomic E-state index is 0.0385. The normalized spacial score (nSPS) is 17.0. The number of amides is 1. The van der Waals surface area contributed by atoms with Gasteiger partial charge in [0.1, 0.15) is 11.6 Å². The van der Waals surface area contributed by atoms with Crippen LogP contribution in [0.2, 0.25) is 0 Å². The van der Waals surface area contributed by atoms with Crippen molar-refractivity contribution in [3.8, 4) is 5.75 Å². The summed E-state index contributed by atoms with van der Waals surface area (Å²) in [5.74, 6) is 0.251. The molecule has 0 radical (unpaired) electrons. The van der Waals surface area contributed by atoms with Crippen LogP contribution < -0.4 is 10.1 Å². The van der Waals surface area contributed by atoms with Gasteiger partial charge in [-0.25, -0.2) is 9.38 Å². The van der Waals surface area contributed by atoms with E-state index in [2.05, 4.69) is 31.3 Å². The van der Waals surface area contributed by atoms with Crippen LogP contribution >= 0.6 is 15.9 Å². The quantitative estimate of drug-likeness (QED) is 0.0640. The minimum Gasteiger partial charge on any atom is -0.494 e. The van der Waals surface area contributed by atoms with Gasteiger partial charge in [0.2, 0.25) is 5.90 Å². The van der Waals surface area contributed by atoms with Crippen LogP contribution in [0.3, 0.4) is 0 Å². The summed E-state index contributed by atoms with van der Waals surface area (Å²) in [5.41, 5.74) is 11.4. The summed E-state index contributed by atoms with van der Waals surface area (Å²) in [5, 5.41) is 15.9. The Morgan fingerprint density at radius 2 is 1.76 bits per heavy atom. The van der Waals surface area contributed by atoms with E-state index in [1.165, 1.54) is 12.1 Å². The third-order valence-electron chi connectivity index (χ3n) is 7.70. The molecule has 5 rings (SSSR count). The average molecular weight is 687 g/mol. The second kappa shape index (κ2) is 15.5. The number of aliphatic hydroxyl groups excluding tert-OH is 1. The number of hydrogen-bond acceptors (Lipinski definition) is 6. The zero-order chi connectivity index (χ0) is 32.4. The average Bonchev–Trinajstić information content (AvgIpc) is 3.46. The molecule has 46 heavy (non-hydrogen) atoms. The monoisotopic (exact) mass is 685 g/mol. The Bertz CT molecular complexity index is 1730. The molecule has 1 heterocycles. The van der Waals surface area contributed by atoms with E-state index < -0.39 is 11.6 Å². The first-order chi connectivity index (χ1) is 22.4. The predicted octanol–water partition coefficient (Wildman–Crippen LogP) is 7.02. The topological polar surface area (TPSA) is 129 Å². The summed E-state index contributed by atoms with van der Waals surface area (Å²) in [6.07, 6.45) is 0.335. The maximum atomic E-state index is 14.5. The van der Waals surface area contributed by atoms with Crippen LogP contribution in [0.25, 0.3) is 10.4 Å². The fourth-order valence-electron chi connectivity index (χ4n) is 5.36. The highest BCUT2D eigenvalue weighted by Gasteiger charge is 2.54. The van der Waals surface area contributed by atoms with Crippen LogP contribution in [0, 0.1) is 5.82 Å². The molecule has 0 saturated heterocycles. The van der Waals surface area contributed by atoms with Crippen molar-refractivity contribution in [2.24, 2.45) is 10.1 Å². The number of benzene rings is 4. The second-order valence-corrected chi connectivity index (χ2v) is 11.6. The summed E-state index contributed by atoms with van der Waals surface area (Å²) in [6.45, 7) is 0.778. The van der Waals surface area contributed by atoms with Gasteiger partial charge < -0.3 is 19.9 Å². The van der Waals surface area contributed by atoms with E-state index in [4.69, 9.17) is 25.1 Å². The number of rotatable bonds is 14. The van der Waals surface area contributed by atoms with Gasteiger partial charge in [0, 0.05) is 40.9 Å². The SMILES string of the molecule is [N-]=[N+]=NCc1ccccc1[C@H]1OC(c2ccc(OCCCO)cc2)=N[C@@]1(Cc1ccccc1Br)C(=O)NCCc1ccc(F)cc1. The van der Waals surface area contributed by atoms with E-state index in [0.717, 1.165) is 15.6 Å². The Labute approximate surface area is 274 Å². The number of ether oxygens (including phenoxy) is 2. The molecule has 0 spiro atoms. The first-order valence-corrected chi connectivity index (χ1v) is 15.7. The van der Waals surface area contributed by atoms with Crippen molar-refractivity contribution in [3.63, 3.8) is 0 Å². The van der Waals surface area contributed by atoms with E-state index >= 15 is 0 Å². The van der Waals surface area contributed by atoms with Crippen LogP contribution in [-0.2, 0) is 28.9 Å². The summed E-state index contributed by atoms with van der Waals surface area (Å²) in [6, 6.07) is 28.5. The summed E-state index contributed by atoms with van der Waals surface area (Å²) in [7, 11) is 0. The summed E-state index contributed by atoms with van der Waals surface area (Å²) >= 11 is 3.65. The molecule has 9 nitrogen and oxygen atoms in total. The first kappa shape index (κ1) is 32.7. The molecule has 11 heteroatoms. The van der Waals surface area contributed by atoms with Crippen molar-refractivity contribution < 1.29 is 23.8 Å². The van der Waals surface area contributed by atoms with Gasteiger partial charge >= 0.3 is 0 Å². The molecule has 1 aliphatic heterocycles. The van der Waals surface area contributed by atoms with Crippen LogP contribution in [0.5, 0.6) is 5.75 Å². The van der Waals surface area contributed by atoms with Crippen molar-refractivity contribution in [2.75, 3.05) is 19.8 Å². The van der Waals surface area contributed by atoms with Gasteiger partial charge in [-0.2, -0.15) is 0 Å². The molecule has 4 aromatic carbocycles. The van der Waals surface area contributed by atoms with Gasteiger partial charge in [-0.15, -0.1) is 0 Å². The predicted molar refractivity (Wildman–Crippen MR) is 177 cm³/mol. The molecule has 0 aromatic heterocycles. The zero-order valence-electron chi connectivity index (χ0n) is 25.0. The summed E-state index contributed by atoms with van der Waals surface area (Å²) < 4.78 is 26.6. The van der Waals surface area contributed by atoms with Crippen molar-refractivity contribution in [2.45, 2.75) is 37.5 Å². The second-order valence-electron chi connectivity index (χ2n) is 10.8. The van der Waals surface area contributed by atoms with E-state index in [1.807, 2.05) is 60.7 Å². The maximum absolute atomic E-state index is 14.5. The van der Waals surface area contributed by atoms with E-state index in [1.54, 1.807) is 24.3 Å². The van der Waals surface area contributed by atoms with Gasteiger partial charge in [0.05, 0.1) is 13.2 Å². The molecule has 0 saturated carbocycles. The van der Waals surface area contributed by atoms with Crippen molar-refractivity contribution in [1.29, 1.82) is 0 Å². The highest BCUT2D eigenvalue weighted by molar-refractivity contribution is 9.10. The fraction of sp³-hybridized carbons (Fsp3) is 0.257. The number of aliphatic hydroxyl groups is 1. The van der Waals surface area contributed by atoms with E-state index in [-0.39, 0.29) is 37.2 Å². The van der Waals surface area contributed by atoms with E-state index in [9.17, 15) is 9.18 Å². The molecule has 236 valence electrons. The first-order valence-electron chi connectivity index (χ1n) is 14.9. The number of nitrogens with zero attached hydrogens (tertiary/aromatic N) is 4. The minimum atomic E-state index is -1.45. The molecule has 1 amide bonds. The lowest BCUT2D eigenvalue weighted by atomic mass is 9.80.